The molecule has 5 nitrogen and oxygen atoms in total. The average Bonchev–Trinajstić information content (AvgIpc) is 2.26. The Bertz CT molecular complexity index is 348. The molecule has 2 amide bonds. The van der Waals surface area contributed by atoms with E-state index < -0.39 is 11.8 Å². The van der Waals surface area contributed by atoms with E-state index in [1.54, 1.807) is 0 Å². The second-order valence-electron chi connectivity index (χ2n) is 2.38. The number of carbonyl (C=O) groups is 2. The topological polar surface area (TPSA) is 71.1 Å². The lowest BCUT2D eigenvalue weighted by Gasteiger charge is -2.03. The highest BCUT2D eigenvalue weighted by Crippen LogP contribution is 1.93. The van der Waals surface area contributed by atoms with Gasteiger partial charge in [-0.1, -0.05) is 6.58 Å². The number of hydrazine groups is 1. The predicted octanol–water partition coefficient (Wildman–Crippen LogP) is 0.0286. The molecule has 0 spiro atoms. The molecule has 14 heavy (non-hydrogen) atoms. The van der Waals surface area contributed by atoms with Gasteiger partial charge < -0.3 is 0 Å². The van der Waals surface area contributed by atoms with Gasteiger partial charge in [-0.2, -0.15) is 0 Å². The Morgan fingerprint density at radius 1 is 1.29 bits per heavy atom. The van der Waals surface area contributed by atoms with Crippen LogP contribution in [0.1, 0.15) is 10.4 Å². The normalized spacial score (nSPS) is 8.86. The van der Waals surface area contributed by atoms with Gasteiger partial charge in [-0.15, -0.1) is 0 Å². The average molecular weight is 191 g/mol. The molecular formula is C9H9N3O2. The van der Waals surface area contributed by atoms with Crippen molar-refractivity contribution in [2.75, 3.05) is 0 Å². The fourth-order valence-corrected chi connectivity index (χ4v) is 0.745. The van der Waals surface area contributed by atoms with Crippen LogP contribution in [0.15, 0.2) is 37.2 Å². The fraction of sp³-hybridized carbons (Fsp3) is 0. The summed E-state index contributed by atoms with van der Waals surface area (Å²) >= 11 is 0. The molecule has 0 aliphatic heterocycles. The second kappa shape index (κ2) is 4.76. The first-order chi connectivity index (χ1) is 6.74. The maximum absolute atomic E-state index is 11.3. The number of aromatic nitrogens is 1. The van der Waals surface area contributed by atoms with Crippen molar-refractivity contribution >= 4 is 11.8 Å². The molecule has 1 aromatic heterocycles. The second-order valence-corrected chi connectivity index (χ2v) is 2.38. The van der Waals surface area contributed by atoms with Crippen LogP contribution in [0, 0.1) is 0 Å². The van der Waals surface area contributed by atoms with Crippen LogP contribution in [0.25, 0.3) is 0 Å². The molecule has 2 N–H and O–H groups in total. The van der Waals surface area contributed by atoms with Gasteiger partial charge in [0, 0.05) is 18.0 Å². The Hall–Kier alpha value is -2.17. The molecule has 0 radical (unpaired) electrons. The lowest BCUT2D eigenvalue weighted by molar-refractivity contribution is -0.117. The monoisotopic (exact) mass is 191 g/mol. The molecule has 5 heteroatoms. The third-order valence-electron chi connectivity index (χ3n) is 1.43. The molecular weight excluding hydrogens is 182 g/mol. The Morgan fingerprint density at radius 3 is 2.50 bits per heavy atom. The summed E-state index contributed by atoms with van der Waals surface area (Å²) in [6.45, 7) is 3.24. The van der Waals surface area contributed by atoms with Crippen molar-refractivity contribution in [3.63, 3.8) is 0 Å². The van der Waals surface area contributed by atoms with E-state index in [1.807, 2.05) is 0 Å². The standard InChI is InChI=1S/C9H9N3O2/c1-2-8(13)11-12-9(14)7-3-5-10-6-4-7/h2-6H,1H2,(H,11,13)(H,12,14). The van der Waals surface area contributed by atoms with Crippen molar-refractivity contribution < 1.29 is 9.59 Å². The third kappa shape index (κ3) is 2.71. The van der Waals surface area contributed by atoms with Gasteiger partial charge >= 0.3 is 0 Å². The predicted molar refractivity (Wildman–Crippen MR) is 50.0 cm³/mol. The van der Waals surface area contributed by atoms with Crippen LogP contribution >= 0.6 is 0 Å². The van der Waals surface area contributed by atoms with Crippen LogP contribution in [0.3, 0.4) is 0 Å². The zero-order valence-electron chi connectivity index (χ0n) is 7.36. The molecule has 0 bridgehead atoms. The van der Waals surface area contributed by atoms with Crippen molar-refractivity contribution in [3.05, 3.63) is 42.7 Å². The van der Waals surface area contributed by atoms with Gasteiger partial charge in [0.05, 0.1) is 0 Å². The van der Waals surface area contributed by atoms with E-state index in [4.69, 9.17) is 0 Å². The van der Waals surface area contributed by atoms with Gasteiger partial charge in [-0.05, 0) is 18.2 Å². The highest BCUT2D eigenvalue weighted by molar-refractivity contribution is 5.96. The van der Waals surface area contributed by atoms with Gasteiger partial charge in [0.15, 0.2) is 0 Å². The van der Waals surface area contributed by atoms with Gasteiger partial charge in [-0.25, -0.2) is 0 Å². The summed E-state index contributed by atoms with van der Waals surface area (Å²) in [7, 11) is 0. The lowest BCUT2D eigenvalue weighted by atomic mass is 10.3. The van der Waals surface area contributed by atoms with E-state index in [0.29, 0.717) is 5.56 Å². The van der Waals surface area contributed by atoms with Gasteiger partial charge in [-0.3, -0.25) is 25.4 Å². The summed E-state index contributed by atoms with van der Waals surface area (Å²) in [6.07, 6.45) is 4.04. The van der Waals surface area contributed by atoms with Crippen LogP contribution < -0.4 is 10.9 Å². The van der Waals surface area contributed by atoms with Crippen LogP contribution in [-0.2, 0) is 4.79 Å². The Kier molecular flexibility index (Phi) is 3.37. The number of hydrogen-bond acceptors (Lipinski definition) is 3. The maximum atomic E-state index is 11.3. The minimum atomic E-state index is -0.465. The van der Waals surface area contributed by atoms with Crippen molar-refractivity contribution in [2.45, 2.75) is 0 Å². The number of nitrogens with one attached hydrogen (secondary N) is 2. The number of amides is 2. The Labute approximate surface area is 80.8 Å². The van der Waals surface area contributed by atoms with Gasteiger partial charge in [0.25, 0.3) is 11.8 Å². The molecule has 0 aliphatic rings. The number of rotatable bonds is 2. The molecule has 1 aromatic rings. The van der Waals surface area contributed by atoms with E-state index in [0.717, 1.165) is 6.08 Å². The molecule has 72 valence electrons. The third-order valence-corrected chi connectivity index (χ3v) is 1.43. The summed E-state index contributed by atoms with van der Waals surface area (Å²) in [4.78, 5) is 25.7. The lowest BCUT2D eigenvalue weighted by Crippen LogP contribution is -2.40. The first-order valence-corrected chi connectivity index (χ1v) is 3.87. The summed E-state index contributed by atoms with van der Waals surface area (Å²) in [5.41, 5.74) is 4.79. The fourth-order valence-electron chi connectivity index (χ4n) is 0.745. The number of pyridine rings is 1. The highest BCUT2D eigenvalue weighted by Gasteiger charge is 2.03. The van der Waals surface area contributed by atoms with E-state index in [-0.39, 0.29) is 0 Å². The number of hydrogen-bond donors (Lipinski definition) is 2. The first kappa shape index (κ1) is 9.91. The van der Waals surface area contributed by atoms with E-state index >= 15 is 0 Å². The Balaban J connectivity index is 2.52. The quantitative estimate of drug-likeness (QED) is 0.511. The first-order valence-electron chi connectivity index (χ1n) is 3.87. The van der Waals surface area contributed by atoms with Gasteiger partial charge in [0.1, 0.15) is 0 Å². The van der Waals surface area contributed by atoms with E-state index in [2.05, 4.69) is 22.4 Å². The van der Waals surface area contributed by atoms with E-state index in [1.165, 1.54) is 24.5 Å². The van der Waals surface area contributed by atoms with Crippen molar-refractivity contribution in [1.29, 1.82) is 0 Å². The summed E-state index contributed by atoms with van der Waals surface area (Å²) < 4.78 is 0. The molecule has 1 heterocycles. The Morgan fingerprint density at radius 2 is 1.93 bits per heavy atom. The number of carbonyl (C=O) groups excluding carboxylic acids is 2. The van der Waals surface area contributed by atoms with Crippen molar-refractivity contribution in [2.24, 2.45) is 0 Å². The summed E-state index contributed by atoms with van der Waals surface area (Å²) in [6, 6.07) is 3.07. The summed E-state index contributed by atoms with van der Waals surface area (Å²) in [5, 5.41) is 0. The van der Waals surface area contributed by atoms with Gasteiger partial charge in [0.2, 0.25) is 0 Å². The van der Waals surface area contributed by atoms with Crippen LogP contribution in [0.2, 0.25) is 0 Å². The zero-order valence-corrected chi connectivity index (χ0v) is 7.36. The zero-order chi connectivity index (χ0) is 10.4. The van der Waals surface area contributed by atoms with Crippen molar-refractivity contribution in [3.8, 4) is 0 Å². The smallest absolute Gasteiger partial charge is 0.268 e. The molecule has 0 aliphatic carbocycles. The van der Waals surface area contributed by atoms with Crippen LogP contribution in [0.4, 0.5) is 0 Å². The van der Waals surface area contributed by atoms with E-state index in [9.17, 15) is 9.59 Å². The maximum Gasteiger partial charge on any atom is 0.269 e. The SMILES string of the molecule is C=CC(=O)NNC(=O)c1ccncc1. The number of nitrogens with zero attached hydrogens (tertiary/aromatic N) is 1. The molecule has 0 unspecified atom stereocenters. The molecule has 0 saturated carbocycles. The molecule has 0 atom stereocenters. The van der Waals surface area contributed by atoms with Crippen LogP contribution in [0.5, 0.6) is 0 Å². The largest absolute Gasteiger partial charge is 0.269 e. The molecule has 0 saturated heterocycles. The van der Waals surface area contributed by atoms with Crippen molar-refractivity contribution in [1.82, 2.24) is 15.8 Å². The molecule has 0 aromatic carbocycles. The minimum Gasteiger partial charge on any atom is -0.268 e. The molecule has 0 fully saturated rings. The summed E-state index contributed by atoms with van der Waals surface area (Å²) in [5.74, 6) is -0.866. The highest BCUT2D eigenvalue weighted by atomic mass is 16.2. The molecule has 1 rings (SSSR count). The van der Waals surface area contributed by atoms with Crippen LogP contribution in [-0.4, -0.2) is 16.8 Å². The minimum absolute atomic E-state index is 0.400.